The average molecular weight is 261 g/mol. The summed E-state index contributed by atoms with van der Waals surface area (Å²) in [6.07, 6.45) is -1.92. The van der Waals surface area contributed by atoms with Crippen molar-refractivity contribution in [3.63, 3.8) is 0 Å². The summed E-state index contributed by atoms with van der Waals surface area (Å²) in [5, 5.41) is 3.02. The zero-order chi connectivity index (χ0) is 13.2. The molecule has 0 unspecified atom stereocenters. The van der Waals surface area contributed by atoms with Crippen molar-refractivity contribution in [2.75, 3.05) is 24.3 Å². The second-order valence-electron chi connectivity index (χ2n) is 4.19. The summed E-state index contributed by atoms with van der Waals surface area (Å²) in [4.78, 5) is 3.29. The SMILES string of the molecule is Nc1cnc(C(F)(F)F)cc1NC1CCOCC1. The van der Waals surface area contributed by atoms with E-state index in [1.165, 1.54) is 0 Å². The molecule has 4 nitrogen and oxygen atoms in total. The van der Waals surface area contributed by atoms with Gasteiger partial charge in [-0.15, -0.1) is 0 Å². The van der Waals surface area contributed by atoms with E-state index in [2.05, 4.69) is 10.3 Å². The van der Waals surface area contributed by atoms with Crippen molar-refractivity contribution >= 4 is 11.4 Å². The molecule has 1 aromatic heterocycles. The zero-order valence-corrected chi connectivity index (χ0v) is 9.63. The molecule has 0 aromatic carbocycles. The van der Waals surface area contributed by atoms with Crippen molar-refractivity contribution in [2.45, 2.75) is 25.1 Å². The number of alkyl halides is 3. The van der Waals surface area contributed by atoms with Gasteiger partial charge in [-0.3, -0.25) is 0 Å². The fourth-order valence-electron chi connectivity index (χ4n) is 1.81. The Morgan fingerprint density at radius 1 is 1.33 bits per heavy atom. The first-order valence-electron chi connectivity index (χ1n) is 5.64. The van der Waals surface area contributed by atoms with Gasteiger partial charge in [0.05, 0.1) is 17.6 Å². The van der Waals surface area contributed by atoms with Gasteiger partial charge >= 0.3 is 6.18 Å². The largest absolute Gasteiger partial charge is 0.433 e. The molecule has 0 radical (unpaired) electrons. The summed E-state index contributed by atoms with van der Waals surface area (Å²) in [6.45, 7) is 1.21. The summed E-state index contributed by atoms with van der Waals surface area (Å²) < 4.78 is 42.8. The molecular weight excluding hydrogens is 247 g/mol. The number of rotatable bonds is 2. The van der Waals surface area contributed by atoms with E-state index in [0.717, 1.165) is 25.1 Å². The van der Waals surface area contributed by atoms with Gasteiger partial charge < -0.3 is 15.8 Å². The van der Waals surface area contributed by atoms with Gasteiger partial charge in [0.1, 0.15) is 5.69 Å². The first kappa shape index (κ1) is 12.9. The fraction of sp³-hybridized carbons (Fsp3) is 0.545. The minimum absolute atomic E-state index is 0.0875. The monoisotopic (exact) mass is 261 g/mol. The van der Waals surface area contributed by atoms with Crippen LogP contribution in [0.5, 0.6) is 0 Å². The minimum Gasteiger partial charge on any atom is -0.396 e. The number of nitrogens with two attached hydrogens (primary N) is 1. The highest BCUT2D eigenvalue weighted by atomic mass is 19.4. The Balaban J connectivity index is 2.15. The van der Waals surface area contributed by atoms with E-state index in [-0.39, 0.29) is 17.4 Å². The molecule has 2 rings (SSSR count). The highest BCUT2D eigenvalue weighted by molar-refractivity contribution is 5.65. The van der Waals surface area contributed by atoms with Crippen LogP contribution in [0.2, 0.25) is 0 Å². The molecule has 1 aliphatic heterocycles. The maximum Gasteiger partial charge on any atom is 0.433 e. The average Bonchev–Trinajstić information content (AvgIpc) is 2.32. The first-order chi connectivity index (χ1) is 8.47. The molecule has 1 aromatic rings. The van der Waals surface area contributed by atoms with Crippen LogP contribution in [0.4, 0.5) is 24.5 Å². The molecule has 3 N–H and O–H groups in total. The molecule has 18 heavy (non-hydrogen) atoms. The van der Waals surface area contributed by atoms with Gasteiger partial charge in [0.25, 0.3) is 0 Å². The van der Waals surface area contributed by atoms with Crippen LogP contribution in [-0.2, 0) is 10.9 Å². The molecule has 0 saturated carbocycles. The van der Waals surface area contributed by atoms with E-state index in [4.69, 9.17) is 10.5 Å². The molecular formula is C11H14F3N3O. The Labute approximate surface area is 102 Å². The van der Waals surface area contributed by atoms with E-state index >= 15 is 0 Å². The van der Waals surface area contributed by atoms with Gasteiger partial charge in [0.15, 0.2) is 0 Å². The standard InChI is InChI=1S/C11H14F3N3O/c12-11(13,14)10-5-9(8(15)6-16-10)17-7-1-3-18-4-2-7/h5-7H,1-4,15H2,(H,16,17). The second kappa shape index (κ2) is 5.01. The Morgan fingerprint density at radius 2 is 2.00 bits per heavy atom. The number of ether oxygens (including phenoxy) is 1. The number of halogens is 3. The number of hydrogen-bond acceptors (Lipinski definition) is 4. The minimum atomic E-state index is -4.46. The van der Waals surface area contributed by atoms with E-state index < -0.39 is 11.9 Å². The van der Waals surface area contributed by atoms with E-state index in [9.17, 15) is 13.2 Å². The van der Waals surface area contributed by atoms with Crippen molar-refractivity contribution in [1.29, 1.82) is 0 Å². The number of aromatic nitrogens is 1. The fourth-order valence-corrected chi connectivity index (χ4v) is 1.81. The molecule has 0 bridgehead atoms. The van der Waals surface area contributed by atoms with Crippen LogP contribution in [0.25, 0.3) is 0 Å². The summed E-state index contributed by atoms with van der Waals surface area (Å²) in [7, 11) is 0. The van der Waals surface area contributed by atoms with Gasteiger partial charge in [-0.25, -0.2) is 4.98 Å². The predicted octanol–water partition coefficient (Wildman–Crippen LogP) is 2.27. The third-order valence-corrected chi connectivity index (χ3v) is 2.81. The van der Waals surface area contributed by atoms with Crippen LogP contribution < -0.4 is 11.1 Å². The number of hydrogen-bond donors (Lipinski definition) is 2. The molecule has 2 heterocycles. The van der Waals surface area contributed by atoms with E-state index in [0.29, 0.717) is 13.2 Å². The summed E-state index contributed by atoms with van der Waals surface area (Å²) >= 11 is 0. The van der Waals surface area contributed by atoms with Crippen LogP contribution in [0.3, 0.4) is 0 Å². The molecule has 7 heteroatoms. The lowest BCUT2D eigenvalue weighted by molar-refractivity contribution is -0.141. The number of nitrogens with zero attached hydrogens (tertiary/aromatic N) is 1. The Morgan fingerprint density at radius 3 is 2.61 bits per heavy atom. The molecule has 0 atom stereocenters. The van der Waals surface area contributed by atoms with Gasteiger partial charge in [-0.2, -0.15) is 13.2 Å². The molecule has 0 spiro atoms. The Kier molecular flexibility index (Phi) is 3.60. The van der Waals surface area contributed by atoms with Crippen molar-refractivity contribution < 1.29 is 17.9 Å². The van der Waals surface area contributed by atoms with Crippen LogP contribution in [0.1, 0.15) is 18.5 Å². The molecule has 0 aliphatic carbocycles. The smallest absolute Gasteiger partial charge is 0.396 e. The molecule has 100 valence electrons. The molecule has 0 amide bonds. The van der Waals surface area contributed by atoms with Crippen molar-refractivity contribution in [1.82, 2.24) is 4.98 Å². The quantitative estimate of drug-likeness (QED) is 0.857. The summed E-state index contributed by atoms with van der Waals surface area (Å²) in [5.41, 5.74) is 5.19. The van der Waals surface area contributed by atoms with Crippen LogP contribution in [0.15, 0.2) is 12.3 Å². The predicted molar refractivity (Wildman–Crippen MR) is 61.1 cm³/mol. The number of nitrogen functional groups attached to an aromatic ring is 1. The lowest BCUT2D eigenvalue weighted by atomic mass is 10.1. The van der Waals surface area contributed by atoms with Crippen LogP contribution in [-0.4, -0.2) is 24.2 Å². The molecule has 1 aliphatic rings. The lowest BCUT2D eigenvalue weighted by Gasteiger charge is -2.25. The maximum absolute atomic E-state index is 12.5. The van der Waals surface area contributed by atoms with Gasteiger partial charge in [-0.05, 0) is 18.9 Å². The summed E-state index contributed by atoms with van der Waals surface area (Å²) in [5.74, 6) is 0. The van der Waals surface area contributed by atoms with Gasteiger partial charge in [-0.1, -0.05) is 0 Å². The summed E-state index contributed by atoms with van der Waals surface area (Å²) in [6, 6.07) is 1.04. The van der Waals surface area contributed by atoms with E-state index in [1.54, 1.807) is 0 Å². The van der Waals surface area contributed by atoms with Crippen LogP contribution in [0, 0.1) is 0 Å². The number of pyridine rings is 1. The maximum atomic E-state index is 12.5. The van der Waals surface area contributed by atoms with Gasteiger partial charge in [0.2, 0.25) is 0 Å². The third-order valence-electron chi connectivity index (χ3n) is 2.81. The first-order valence-corrected chi connectivity index (χ1v) is 5.64. The highest BCUT2D eigenvalue weighted by Crippen LogP contribution is 2.31. The number of anilines is 2. The van der Waals surface area contributed by atoms with Crippen LogP contribution >= 0.6 is 0 Å². The normalized spacial score (nSPS) is 17.7. The number of nitrogens with one attached hydrogen (secondary N) is 1. The molecule has 1 saturated heterocycles. The third kappa shape index (κ3) is 3.04. The Hall–Kier alpha value is -1.50. The molecule has 1 fully saturated rings. The van der Waals surface area contributed by atoms with Crippen molar-refractivity contribution in [3.05, 3.63) is 18.0 Å². The highest BCUT2D eigenvalue weighted by Gasteiger charge is 2.33. The van der Waals surface area contributed by atoms with Crippen molar-refractivity contribution in [2.24, 2.45) is 0 Å². The zero-order valence-electron chi connectivity index (χ0n) is 9.63. The Bertz CT molecular complexity index is 416. The second-order valence-corrected chi connectivity index (χ2v) is 4.19. The van der Waals surface area contributed by atoms with E-state index in [1.807, 2.05) is 0 Å². The van der Waals surface area contributed by atoms with Crippen molar-refractivity contribution in [3.8, 4) is 0 Å². The van der Waals surface area contributed by atoms with Gasteiger partial charge in [0, 0.05) is 19.3 Å². The topological polar surface area (TPSA) is 60.2 Å². The lowest BCUT2D eigenvalue weighted by Crippen LogP contribution is -2.28.